The van der Waals surface area contributed by atoms with E-state index in [4.69, 9.17) is 0 Å². The minimum absolute atomic E-state index is 0. The summed E-state index contributed by atoms with van der Waals surface area (Å²) in [6.07, 6.45) is 2.70. The Kier molecular flexibility index (Phi) is 6.69. The fourth-order valence-electron chi connectivity index (χ4n) is 3.23. The van der Waals surface area contributed by atoms with Crippen LogP contribution in [0.25, 0.3) is 0 Å². The molecule has 3 rings (SSSR count). The van der Waals surface area contributed by atoms with Crippen LogP contribution in [0, 0.1) is 5.92 Å². The number of thioether (sulfide) groups is 1. The van der Waals surface area contributed by atoms with Crippen molar-refractivity contribution >= 4 is 24.2 Å². The first-order chi connectivity index (χ1) is 9.43. The predicted molar refractivity (Wildman–Crippen MR) is 90.9 cm³/mol. The highest BCUT2D eigenvalue weighted by Crippen LogP contribution is 2.31. The molecule has 0 aromatic heterocycles. The average Bonchev–Trinajstić information content (AvgIpc) is 2.50. The van der Waals surface area contributed by atoms with Gasteiger partial charge in [-0.1, -0.05) is 30.3 Å². The second-order valence-corrected chi connectivity index (χ2v) is 6.84. The van der Waals surface area contributed by atoms with E-state index in [2.05, 4.69) is 52.3 Å². The van der Waals surface area contributed by atoms with Crippen LogP contribution in [0.4, 0.5) is 0 Å². The minimum atomic E-state index is 0. The molecule has 2 fully saturated rings. The number of nitrogens with zero attached hydrogens (tertiary/aromatic N) is 1. The van der Waals surface area contributed by atoms with Gasteiger partial charge in [-0.15, -0.1) is 12.4 Å². The molecule has 0 saturated carbocycles. The Morgan fingerprint density at radius 3 is 2.65 bits per heavy atom. The predicted octanol–water partition coefficient (Wildman–Crippen LogP) is 3.20. The molecular formula is C16H25ClN2S. The first-order valence-corrected chi connectivity index (χ1v) is 8.66. The van der Waals surface area contributed by atoms with Gasteiger partial charge in [0, 0.05) is 30.6 Å². The van der Waals surface area contributed by atoms with Crippen molar-refractivity contribution in [2.45, 2.75) is 18.9 Å². The van der Waals surface area contributed by atoms with E-state index in [0.717, 1.165) is 5.92 Å². The van der Waals surface area contributed by atoms with E-state index in [9.17, 15) is 0 Å². The summed E-state index contributed by atoms with van der Waals surface area (Å²) in [6, 6.07) is 11.7. The molecule has 2 aliphatic rings. The van der Waals surface area contributed by atoms with Crippen molar-refractivity contribution in [1.29, 1.82) is 0 Å². The van der Waals surface area contributed by atoms with Crippen molar-refractivity contribution in [3.8, 4) is 0 Å². The lowest BCUT2D eigenvalue weighted by molar-refractivity contribution is 0.168. The molecule has 1 unspecified atom stereocenters. The molecule has 0 spiro atoms. The fourth-order valence-corrected chi connectivity index (χ4v) is 4.39. The molecule has 0 amide bonds. The monoisotopic (exact) mass is 312 g/mol. The van der Waals surface area contributed by atoms with E-state index >= 15 is 0 Å². The fraction of sp³-hybridized carbons (Fsp3) is 0.625. The van der Waals surface area contributed by atoms with Crippen LogP contribution in [-0.4, -0.2) is 42.6 Å². The molecule has 1 aromatic carbocycles. The van der Waals surface area contributed by atoms with Crippen LogP contribution in [-0.2, 0) is 0 Å². The maximum atomic E-state index is 3.47. The molecule has 4 heteroatoms. The molecule has 2 aliphatic heterocycles. The molecule has 2 nitrogen and oxygen atoms in total. The first kappa shape index (κ1) is 16.2. The van der Waals surface area contributed by atoms with E-state index in [-0.39, 0.29) is 12.4 Å². The number of nitrogens with one attached hydrogen (secondary N) is 1. The maximum absolute atomic E-state index is 3.47. The van der Waals surface area contributed by atoms with Gasteiger partial charge in [0.15, 0.2) is 0 Å². The second-order valence-electron chi connectivity index (χ2n) is 5.69. The number of rotatable bonds is 3. The Morgan fingerprint density at radius 1 is 1.15 bits per heavy atom. The van der Waals surface area contributed by atoms with E-state index < -0.39 is 0 Å². The van der Waals surface area contributed by atoms with Crippen molar-refractivity contribution in [3.63, 3.8) is 0 Å². The van der Waals surface area contributed by atoms with Gasteiger partial charge in [-0.05, 0) is 37.4 Å². The van der Waals surface area contributed by atoms with Gasteiger partial charge in [-0.25, -0.2) is 0 Å². The number of piperidine rings is 1. The molecule has 0 bridgehead atoms. The summed E-state index contributed by atoms with van der Waals surface area (Å²) in [6.45, 7) is 4.97. The summed E-state index contributed by atoms with van der Waals surface area (Å²) in [7, 11) is 0. The van der Waals surface area contributed by atoms with Crippen LogP contribution in [0.1, 0.15) is 24.4 Å². The zero-order valence-electron chi connectivity index (χ0n) is 12.0. The Labute approximate surface area is 133 Å². The number of halogens is 1. The van der Waals surface area contributed by atoms with Gasteiger partial charge in [0.05, 0.1) is 0 Å². The van der Waals surface area contributed by atoms with E-state index in [1.165, 1.54) is 56.1 Å². The Balaban J connectivity index is 0.00000147. The summed E-state index contributed by atoms with van der Waals surface area (Å²) in [5.74, 6) is 3.46. The van der Waals surface area contributed by atoms with Crippen LogP contribution < -0.4 is 5.32 Å². The average molecular weight is 313 g/mol. The zero-order chi connectivity index (χ0) is 12.9. The minimum Gasteiger partial charge on any atom is -0.317 e. The Morgan fingerprint density at radius 2 is 1.90 bits per heavy atom. The molecule has 1 atom stereocenters. The van der Waals surface area contributed by atoms with Crippen LogP contribution in [0.3, 0.4) is 0 Å². The third kappa shape index (κ3) is 4.14. The van der Waals surface area contributed by atoms with Crippen molar-refractivity contribution in [1.82, 2.24) is 10.2 Å². The van der Waals surface area contributed by atoms with Crippen LogP contribution in [0.15, 0.2) is 30.3 Å². The lowest BCUT2D eigenvalue weighted by atomic mass is 9.96. The normalized spacial score (nSPS) is 25.1. The molecule has 112 valence electrons. The second kappa shape index (κ2) is 8.28. The number of hydrogen-bond acceptors (Lipinski definition) is 3. The third-order valence-electron chi connectivity index (χ3n) is 4.38. The molecule has 2 heterocycles. The van der Waals surface area contributed by atoms with Crippen LogP contribution in [0.5, 0.6) is 0 Å². The standard InChI is InChI=1S/C16H24N2S.ClH/c1-2-4-15(5-3-1)16-13-19-11-10-18(16)12-14-6-8-17-9-7-14;/h1-5,14,16-17H,6-13H2;1H. The molecule has 0 aliphatic carbocycles. The molecule has 1 aromatic rings. The summed E-state index contributed by atoms with van der Waals surface area (Å²) in [4.78, 5) is 2.74. The van der Waals surface area contributed by atoms with Gasteiger partial charge in [0.1, 0.15) is 0 Å². The SMILES string of the molecule is Cl.c1ccc(C2CSCCN2CC2CCNCC2)cc1. The molecule has 2 saturated heterocycles. The first-order valence-electron chi connectivity index (χ1n) is 7.51. The highest BCUT2D eigenvalue weighted by Gasteiger charge is 2.26. The van der Waals surface area contributed by atoms with Crippen molar-refractivity contribution in [3.05, 3.63) is 35.9 Å². The topological polar surface area (TPSA) is 15.3 Å². The molecular weight excluding hydrogens is 288 g/mol. The van der Waals surface area contributed by atoms with Gasteiger partial charge in [-0.2, -0.15) is 11.8 Å². The molecule has 1 N–H and O–H groups in total. The van der Waals surface area contributed by atoms with E-state index in [1.807, 2.05) is 0 Å². The summed E-state index contributed by atoms with van der Waals surface area (Å²) in [5.41, 5.74) is 1.50. The maximum Gasteiger partial charge on any atom is 0.0439 e. The highest BCUT2D eigenvalue weighted by atomic mass is 35.5. The van der Waals surface area contributed by atoms with Gasteiger partial charge in [0.2, 0.25) is 0 Å². The summed E-state index contributed by atoms with van der Waals surface area (Å²) in [5, 5.41) is 3.47. The highest BCUT2D eigenvalue weighted by molar-refractivity contribution is 7.99. The smallest absolute Gasteiger partial charge is 0.0439 e. The van der Waals surface area contributed by atoms with Crippen molar-refractivity contribution in [2.75, 3.05) is 37.7 Å². The Bertz CT molecular complexity index is 381. The van der Waals surface area contributed by atoms with Gasteiger partial charge < -0.3 is 5.32 Å². The van der Waals surface area contributed by atoms with Gasteiger partial charge in [-0.3, -0.25) is 4.90 Å². The van der Waals surface area contributed by atoms with Gasteiger partial charge in [0.25, 0.3) is 0 Å². The summed E-state index contributed by atoms with van der Waals surface area (Å²) >= 11 is 2.11. The third-order valence-corrected chi connectivity index (χ3v) is 5.40. The van der Waals surface area contributed by atoms with Gasteiger partial charge >= 0.3 is 0 Å². The Hall–Kier alpha value is -0.220. The van der Waals surface area contributed by atoms with Crippen LogP contribution >= 0.6 is 24.2 Å². The largest absolute Gasteiger partial charge is 0.317 e. The van der Waals surface area contributed by atoms with Crippen LogP contribution in [0.2, 0.25) is 0 Å². The number of hydrogen-bond donors (Lipinski definition) is 1. The molecule has 20 heavy (non-hydrogen) atoms. The summed E-state index contributed by atoms with van der Waals surface area (Å²) < 4.78 is 0. The van der Waals surface area contributed by atoms with Crippen molar-refractivity contribution in [2.24, 2.45) is 5.92 Å². The zero-order valence-corrected chi connectivity index (χ0v) is 13.6. The quantitative estimate of drug-likeness (QED) is 0.922. The van der Waals surface area contributed by atoms with E-state index in [1.54, 1.807) is 0 Å². The lowest BCUT2D eigenvalue weighted by Crippen LogP contribution is -2.41. The number of benzene rings is 1. The lowest BCUT2D eigenvalue weighted by Gasteiger charge is -2.38. The molecule has 0 radical (unpaired) electrons. The van der Waals surface area contributed by atoms with E-state index in [0.29, 0.717) is 6.04 Å². The van der Waals surface area contributed by atoms with Crippen molar-refractivity contribution < 1.29 is 0 Å².